The van der Waals surface area contributed by atoms with Gasteiger partial charge in [-0.05, 0) is 128 Å². The lowest BCUT2D eigenvalue weighted by Crippen LogP contribution is -2.30. The largest absolute Gasteiger partial charge is 0.462 e. The highest BCUT2D eigenvalue weighted by Gasteiger charge is 2.19. The molecule has 0 rings (SSSR count). The molecule has 6 heteroatoms. The normalized spacial score (nSPS) is 12.9. The average molecular weight is 1040 g/mol. The van der Waals surface area contributed by atoms with E-state index in [1.54, 1.807) is 0 Å². The van der Waals surface area contributed by atoms with Gasteiger partial charge >= 0.3 is 17.9 Å². The highest BCUT2D eigenvalue weighted by atomic mass is 16.6. The first-order valence-electron chi connectivity index (χ1n) is 31.0. The van der Waals surface area contributed by atoms with E-state index in [1.807, 2.05) is 0 Å². The van der Waals surface area contributed by atoms with Crippen LogP contribution in [0.3, 0.4) is 0 Å². The average Bonchev–Trinajstić information content (AvgIpc) is 3.41. The van der Waals surface area contributed by atoms with E-state index in [9.17, 15) is 14.4 Å². The van der Waals surface area contributed by atoms with Crippen LogP contribution < -0.4 is 0 Å². The van der Waals surface area contributed by atoms with Gasteiger partial charge in [-0.1, -0.05) is 251 Å². The molecule has 0 N–H and O–H groups in total. The fourth-order valence-electron chi connectivity index (χ4n) is 8.34. The van der Waals surface area contributed by atoms with Crippen molar-refractivity contribution >= 4 is 17.9 Å². The topological polar surface area (TPSA) is 78.9 Å². The van der Waals surface area contributed by atoms with Crippen molar-refractivity contribution < 1.29 is 28.6 Å². The van der Waals surface area contributed by atoms with Gasteiger partial charge in [0.1, 0.15) is 13.2 Å². The van der Waals surface area contributed by atoms with Crippen molar-refractivity contribution in [2.45, 2.75) is 284 Å². The van der Waals surface area contributed by atoms with E-state index in [0.717, 1.165) is 141 Å². The van der Waals surface area contributed by atoms with Gasteiger partial charge in [0, 0.05) is 19.3 Å². The lowest BCUT2D eigenvalue weighted by molar-refractivity contribution is -0.167. The van der Waals surface area contributed by atoms with Crippen molar-refractivity contribution in [1.82, 2.24) is 0 Å². The number of rotatable bonds is 55. The number of hydrogen-bond donors (Lipinski definition) is 0. The minimum Gasteiger partial charge on any atom is -0.462 e. The molecule has 0 aliphatic heterocycles. The molecule has 0 amide bonds. The van der Waals surface area contributed by atoms with Crippen LogP contribution in [0.4, 0.5) is 0 Å². The van der Waals surface area contributed by atoms with Crippen molar-refractivity contribution in [3.05, 3.63) is 122 Å². The lowest BCUT2D eigenvalue weighted by Gasteiger charge is -2.18. The van der Waals surface area contributed by atoms with Crippen LogP contribution in [0.15, 0.2) is 122 Å². The summed E-state index contributed by atoms with van der Waals surface area (Å²) < 4.78 is 16.9. The van der Waals surface area contributed by atoms with Crippen LogP contribution >= 0.6 is 0 Å². The van der Waals surface area contributed by atoms with E-state index in [-0.39, 0.29) is 31.1 Å². The lowest BCUT2D eigenvalue weighted by atomic mass is 10.0. The van der Waals surface area contributed by atoms with E-state index in [0.29, 0.717) is 19.3 Å². The standard InChI is InChI=1S/C69H114O6/c1-4-7-10-13-16-19-22-25-27-29-31-33-34-36-37-39-41-44-47-50-53-56-59-62-68(71)74-65-66(64-73-67(70)61-58-55-52-49-46-43-24-21-18-15-12-9-6-3)75-69(72)63-60-57-54-51-48-45-42-40-38-35-32-30-28-26-23-20-17-14-11-8-5-2/h8-9,11-12,17-18,20-22,25-26,28-29,31-32,35,40,42-43,46,66H,4-7,10,13-16,19,23-24,27,30,33-34,36-39,41,44-45,47-65H2,1-3H3/b11-8-,12-9-,20-17-,21-18-,25-22-,28-26-,31-29-,35-32-,42-40-,46-43-. The van der Waals surface area contributed by atoms with Crippen molar-refractivity contribution in [3.8, 4) is 0 Å². The Labute approximate surface area is 462 Å². The number of carbonyl (C=O) groups excluding carboxylic acids is 3. The Morgan fingerprint density at radius 3 is 0.827 bits per heavy atom. The second kappa shape index (κ2) is 62.4. The summed E-state index contributed by atoms with van der Waals surface area (Å²) in [5.41, 5.74) is 0. The minimum absolute atomic E-state index is 0.0989. The summed E-state index contributed by atoms with van der Waals surface area (Å²) in [5, 5.41) is 0. The monoisotopic (exact) mass is 1040 g/mol. The molecule has 426 valence electrons. The van der Waals surface area contributed by atoms with Crippen molar-refractivity contribution in [3.63, 3.8) is 0 Å². The molecule has 0 spiro atoms. The molecule has 0 aromatic carbocycles. The summed E-state index contributed by atoms with van der Waals surface area (Å²) >= 11 is 0. The third kappa shape index (κ3) is 60.6. The predicted molar refractivity (Wildman–Crippen MR) is 325 cm³/mol. The van der Waals surface area contributed by atoms with Gasteiger partial charge in [0.15, 0.2) is 6.10 Å². The van der Waals surface area contributed by atoms with Crippen LogP contribution in [0.1, 0.15) is 278 Å². The van der Waals surface area contributed by atoms with Gasteiger partial charge in [0.05, 0.1) is 0 Å². The maximum atomic E-state index is 12.9. The van der Waals surface area contributed by atoms with Crippen molar-refractivity contribution in [2.75, 3.05) is 13.2 Å². The molecule has 0 radical (unpaired) electrons. The SMILES string of the molecule is CC/C=C\C/C=C\C/C=C\C/C=C\C/C=C\CCCCCCCC(=O)OC(COC(=O)CCCCC/C=C\C/C=C\C/C=C\CC)COC(=O)CCCCCCCCCCCCC/C=C\C/C=C\CCCCCCC. The van der Waals surface area contributed by atoms with E-state index in [2.05, 4.69) is 142 Å². The van der Waals surface area contributed by atoms with Gasteiger partial charge in [-0.2, -0.15) is 0 Å². The van der Waals surface area contributed by atoms with Gasteiger partial charge < -0.3 is 14.2 Å². The molecule has 0 aromatic rings. The van der Waals surface area contributed by atoms with Crippen molar-refractivity contribution in [2.24, 2.45) is 0 Å². The van der Waals surface area contributed by atoms with E-state index in [4.69, 9.17) is 14.2 Å². The number of esters is 3. The van der Waals surface area contributed by atoms with Gasteiger partial charge in [0.2, 0.25) is 0 Å². The van der Waals surface area contributed by atoms with Gasteiger partial charge in [-0.25, -0.2) is 0 Å². The Bertz CT molecular complexity index is 1570. The second-order valence-corrected chi connectivity index (χ2v) is 20.2. The molecule has 0 aromatic heterocycles. The molecule has 0 fully saturated rings. The van der Waals surface area contributed by atoms with E-state index < -0.39 is 6.10 Å². The summed E-state index contributed by atoms with van der Waals surface area (Å²) in [6, 6.07) is 0. The fourth-order valence-corrected chi connectivity index (χ4v) is 8.34. The number of hydrogen-bond acceptors (Lipinski definition) is 6. The molecule has 75 heavy (non-hydrogen) atoms. The van der Waals surface area contributed by atoms with Crippen molar-refractivity contribution in [1.29, 1.82) is 0 Å². The molecule has 6 nitrogen and oxygen atoms in total. The molecule has 0 aliphatic rings. The Balaban J connectivity index is 4.41. The maximum Gasteiger partial charge on any atom is 0.306 e. The van der Waals surface area contributed by atoms with Crippen LogP contribution in [0.25, 0.3) is 0 Å². The zero-order chi connectivity index (χ0) is 54.3. The van der Waals surface area contributed by atoms with Crippen LogP contribution in [-0.2, 0) is 28.6 Å². The third-order valence-corrected chi connectivity index (χ3v) is 12.9. The van der Waals surface area contributed by atoms with E-state index in [1.165, 1.54) is 96.3 Å². The first kappa shape index (κ1) is 70.8. The zero-order valence-corrected chi connectivity index (χ0v) is 48.8. The Kier molecular flexibility index (Phi) is 58.9. The molecular formula is C69H114O6. The molecule has 0 saturated carbocycles. The summed E-state index contributed by atoms with van der Waals surface area (Å²) in [5.74, 6) is -0.948. The molecule has 0 saturated heterocycles. The minimum atomic E-state index is -0.806. The highest BCUT2D eigenvalue weighted by molar-refractivity contribution is 5.71. The van der Waals surface area contributed by atoms with Gasteiger partial charge in [-0.3, -0.25) is 14.4 Å². The zero-order valence-electron chi connectivity index (χ0n) is 48.8. The maximum absolute atomic E-state index is 12.9. The predicted octanol–water partition coefficient (Wildman–Crippen LogP) is 21.2. The van der Waals surface area contributed by atoms with Crippen LogP contribution in [0, 0.1) is 0 Å². The fraction of sp³-hybridized carbons (Fsp3) is 0.667. The third-order valence-electron chi connectivity index (χ3n) is 12.9. The molecule has 1 atom stereocenters. The molecular weight excluding hydrogens is 925 g/mol. The number of allylic oxidation sites excluding steroid dienone is 20. The first-order valence-corrected chi connectivity index (χ1v) is 31.0. The van der Waals surface area contributed by atoms with Gasteiger partial charge in [0.25, 0.3) is 0 Å². The van der Waals surface area contributed by atoms with Crippen LogP contribution in [0.5, 0.6) is 0 Å². The summed E-state index contributed by atoms with van der Waals surface area (Å²) in [6.07, 6.45) is 86.3. The summed E-state index contributed by atoms with van der Waals surface area (Å²) in [4.78, 5) is 38.3. The quantitative estimate of drug-likeness (QED) is 0.0261. The highest BCUT2D eigenvalue weighted by Crippen LogP contribution is 2.15. The Morgan fingerprint density at radius 2 is 0.520 bits per heavy atom. The second-order valence-electron chi connectivity index (χ2n) is 20.2. The van der Waals surface area contributed by atoms with Crippen LogP contribution in [-0.4, -0.2) is 37.2 Å². The molecule has 0 aliphatic carbocycles. The summed E-state index contributed by atoms with van der Waals surface area (Å²) in [7, 11) is 0. The van der Waals surface area contributed by atoms with Gasteiger partial charge in [-0.15, -0.1) is 0 Å². The van der Waals surface area contributed by atoms with E-state index >= 15 is 0 Å². The Morgan fingerprint density at radius 1 is 0.280 bits per heavy atom. The molecule has 1 unspecified atom stereocenters. The first-order chi connectivity index (χ1) is 37.0. The molecule has 0 heterocycles. The Hall–Kier alpha value is -4.19. The smallest absolute Gasteiger partial charge is 0.306 e. The number of unbranched alkanes of at least 4 members (excludes halogenated alkanes) is 24. The van der Waals surface area contributed by atoms with Crippen LogP contribution in [0.2, 0.25) is 0 Å². The number of carbonyl (C=O) groups is 3. The number of ether oxygens (including phenoxy) is 3. The molecule has 0 bridgehead atoms. The summed E-state index contributed by atoms with van der Waals surface area (Å²) in [6.45, 7) is 6.37.